The lowest BCUT2D eigenvalue weighted by Crippen LogP contribution is -2.09. The van der Waals surface area contributed by atoms with E-state index in [-0.39, 0.29) is 0 Å². The van der Waals surface area contributed by atoms with Crippen molar-refractivity contribution in [3.05, 3.63) is 109 Å². The van der Waals surface area contributed by atoms with Crippen molar-refractivity contribution < 1.29 is 0 Å². The second-order valence-corrected chi connectivity index (χ2v) is 10.7. The van der Waals surface area contributed by atoms with Crippen molar-refractivity contribution in [1.82, 2.24) is 0 Å². The zero-order valence-corrected chi connectivity index (χ0v) is 18.7. The molecule has 4 aromatic rings. The van der Waals surface area contributed by atoms with Gasteiger partial charge < -0.3 is 0 Å². The van der Waals surface area contributed by atoms with Gasteiger partial charge in [-0.15, -0.1) is 0 Å². The molecule has 0 spiro atoms. The van der Waals surface area contributed by atoms with Crippen LogP contribution in [0.1, 0.15) is 13.3 Å². The zero-order chi connectivity index (χ0) is 19.9. The van der Waals surface area contributed by atoms with E-state index < -0.39 is 0 Å². The summed E-state index contributed by atoms with van der Waals surface area (Å²) in [6.45, 7) is 2.33. The van der Waals surface area contributed by atoms with Crippen molar-refractivity contribution in [2.24, 2.45) is 0 Å². The number of hydrogen-bond acceptors (Lipinski definition) is 0. The lowest BCUT2D eigenvalue weighted by atomic mass is 10.1. The third-order valence-corrected chi connectivity index (χ3v) is 8.96. The smallest absolute Gasteiger partial charge is 0.00177 e. The van der Waals surface area contributed by atoms with Crippen molar-refractivity contribution >= 4 is 27.8 Å². The van der Waals surface area contributed by atoms with Crippen LogP contribution in [0.3, 0.4) is 0 Å². The maximum atomic E-state index is 2.33. The van der Waals surface area contributed by atoms with Crippen LogP contribution in [-0.2, 0) is 0 Å². The highest BCUT2D eigenvalue weighted by Crippen LogP contribution is 2.39. The largest absolute Gasteiger partial charge is 0.0821 e. The molecule has 0 heterocycles. The quantitative estimate of drug-likeness (QED) is 0.285. The van der Waals surface area contributed by atoms with Crippen LogP contribution >= 0.6 is 17.2 Å². The predicted molar refractivity (Wildman–Crippen MR) is 134 cm³/mol. The molecule has 4 aromatic carbocycles. The van der Waals surface area contributed by atoms with E-state index >= 15 is 0 Å². The number of benzene rings is 4. The molecule has 2 unspecified atom stereocenters. The van der Waals surface area contributed by atoms with Crippen LogP contribution in [0.5, 0.6) is 0 Å². The Hall–Kier alpha value is -2.26. The summed E-state index contributed by atoms with van der Waals surface area (Å²) in [5.41, 5.74) is 5.40. The minimum atomic E-state index is 0.671. The van der Waals surface area contributed by atoms with Crippen LogP contribution in [0, 0.1) is 0 Å². The standard InChI is InChI=1S/C27H26P2/c1-2-27(28-25-19-11-9-17-23(25)21-13-5-3-6-14-21)29-26-20-12-10-18-24(26)22-15-7-4-8-16-22/h3-20,27-29H,2H2,1H3. The van der Waals surface area contributed by atoms with Crippen LogP contribution < -0.4 is 10.6 Å². The van der Waals surface area contributed by atoms with Gasteiger partial charge in [-0.3, -0.25) is 0 Å². The minimum Gasteiger partial charge on any atom is -0.0821 e. The molecule has 0 N–H and O–H groups in total. The Morgan fingerprint density at radius 2 is 0.897 bits per heavy atom. The third-order valence-electron chi connectivity index (χ3n) is 5.09. The van der Waals surface area contributed by atoms with E-state index in [9.17, 15) is 0 Å². The molecule has 29 heavy (non-hydrogen) atoms. The summed E-state index contributed by atoms with van der Waals surface area (Å²) < 4.78 is 0. The van der Waals surface area contributed by atoms with Gasteiger partial charge in [0.25, 0.3) is 0 Å². The minimum absolute atomic E-state index is 0.671. The average Bonchev–Trinajstić information content (AvgIpc) is 2.80. The Kier molecular flexibility index (Phi) is 6.89. The first-order chi connectivity index (χ1) is 14.3. The van der Waals surface area contributed by atoms with E-state index in [1.54, 1.807) is 0 Å². The highest BCUT2D eigenvalue weighted by molar-refractivity contribution is 7.65. The van der Waals surface area contributed by atoms with Gasteiger partial charge in [0.2, 0.25) is 0 Å². The van der Waals surface area contributed by atoms with Crippen molar-refractivity contribution in [2.75, 3.05) is 0 Å². The molecule has 0 aromatic heterocycles. The third kappa shape index (κ3) is 5.02. The Balaban J connectivity index is 1.60. The first kappa shape index (κ1) is 20.0. The van der Waals surface area contributed by atoms with Crippen LogP contribution in [0.25, 0.3) is 22.3 Å². The Morgan fingerprint density at radius 1 is 0.517 bits per heavy atom. The fourth-order valence-electron chi connectivity index (χ4n) is 3.57. The zero-order valence-electron chi connectivity index (χ0n) is 16.7. The van der Waals surface area contributed by atoms with Gasteiger partial charge in [-0.25, -0.2) is 0 Å². The molecule has 0 fully saturated rings. The molecule has 2 heteroatoms. The summed E-state index contributed by atoms with van der Waals surface area (Å²) in [5.74, 6) is 0. The van der Waals surface area contributed by atoms with E-state index in [0.717, 1.165) is 17.2 Å². The monoisotopic (exact) mass is 412 g/mol. The Labute approximate surface area is 178 Å². The van der Waals surface area contributed by atoms with Gasteiger partial charge in [-0.1, -0.05) is 133 Å². The van der Waals surface area contributed by atoms with Crippen LogP contribution in [-0.4, -0.2) is 5.40 Å². The van der Waals surface area contributed by atoms with Crippen LogP contribution in [0.15, 0.2) is 109 Å². The molecule has 144 valence electrons. The molecular weight excluding hydrogens is 386 g/mol. The van der Waals surface area contributed by atoms with Crippen molar-refractivity contribution in [2.45, 2.75) is 18.7 Å². The van der Waals surface area contributed by atoms with Gasteiger partial charge in [0, 0.05) is 5.40 Å². The molecule has 0 radical (unpaired) electrons. The molecule has 0 aliphatic heterocycles. The molecule has 0 amide bonds. The second-order valence-electron chi connectivity index (χ2n) is 7.07. The summed E-state index contributed by atoms with van der Waals surface area (Å²) in [5, 5.41) is 3.63. The number of hydrogen-bond donors (Lipinski definition) is 0. The van der Waals surface area contributed by atoms with E-state index in [2.05, 4.69) is 116 Å². The molecule has 4 rings (SSSR count). The molecule has 0 aliphatic rings. The molecule has 0 nitrogen and oxygen atoms in total. The SMILES string of the molecule is CCC(Pc1ccccc1-c1ccccc1)Pc1ccccc1-c1ccccc1. The average molecular weight is 412 g/mol. The van der Waals surface area contributed by atoms with Crippen molar-refractivity contribution in [1.29, 1.82) is 0 Å². The van der Waals surface area contributed by atoms with Crippen molar-refractivity contribution in [3.63, 3.8) is 0 Å². The molecule has 2 atom stereocenters. The number of rotatable bonds is 7. The summed E-state index contributed by atoms with van der Waals surface area (Å²) in [6, 6.07) is 39.4. The maximum absolute atomic E-state index is 2.33. The topological polar surface area (TPSA) is 0 Å². The molecule has 0 saturated carbocycles. The van der Waals surface area contributed by atoms with Gasteiger partial charge in [-0.2, -0.15) is 0 Å². The summed E-state index contributed by atoms with van der Waals surface area (Å²) in [4.78, 5) is 0. The van der Waals surface area contributed by atoms with Gasteiger partial charge in [-0.05, 0) is 39.3 Å². The first-order valence-electron chi connectivity index (χ1n) is 10.2. The van der Waals surface area contributed by atoms with Gasteiger partial charge in [0.1, 0.15) is 0 Å². The highest BCUT2D eigenvalue weighted by atomic mass is 31.1. The van der Waals surface area contributed by atoms with E-state index in [4.69, 9.17) is 0 Å². The van der Waals surface area contributed by atoms with Gasteiger partial charge in [0.05, 0.1) is 0 Å². The fraction of sp³-hybridized carbons (Fsp3) is 0.111. The maximum Gasteiger partial charge on any atom is 0.00177 e. The highest BCUT2D eigenvalue weighted by Gasteiger charge is 2.14. The van der Waals surface area contributed by atoms with Gasteiger partial charge in [0.15, 0.2) is 0 Å². The summed E-state index contributed by atoms with van der Waals surface area (Å²) >= 11 is 0. The van der Waals surface area contributed by atoms with Crippen LogP contribution in [0.2, 0.25) is 0 Å². The molecular formula is C27H26P2. The Bertz CT molecular complexity index is 957. The van der Waals surface area contributed by atoms with Crippen molar-refractivity contribution in [3.8, 4) is 22.3 Å². The fourth-order valence-corrected chi connectivity index (χ4v) is 7.10. The van der Waals surface area contributed by atoms with E-state index in [0.29, 0.717) is 5.40 Å². The van der Waals surface area contributed by atoms with E-state index in [1.165, 1.54) is 39.3 Å². The van der Waals surface area contributed by atoms with Crippen LogP contribution in [0.4, 0.5) is 0 Å². The second kappa shape index (κ2) is 9.98. The lowest BCUT2D eigenvalue weighted by molar-refractivity contribution is 1.05. The normalized spacial score (nSPS) is 12.7. The molecule has 0 bridgehead atoms. The molecule has 0 saturated heterocycles. The summed E-state index contributed by atoms with van der Waals surface area (Å²) in [7, 11) is 1.62. The predicted octanol–water partition coefficient (Wildman–Crippen LogP) is 7.06. The Morgan fingerprint density at radius 3 is 1.31 bits per heavy atom. The summed E-state index contributed by atoms with van der Waals surface area (Å²) in [6.07, 6.45) is 1.20. The van der Waals surface area contributed by atoms with Gasteiger partial charge >= 0.3 is 0 Å². The first-order valence-corrected chi connectivity index (χ1v) is 12.3. The van der Waals surface area contributed by atoms with E-state index in [1.807, 2.05) is 0 Å². The molecule has 0 aliphatic carbocycles. The lowest BCUT2D eigenvalue weighted by Gasteiger charge is -2.20.